The van der Waals surface area contributed by atoms with E-state index < -0.39 is 0 Å². The summed E-state index contributed by atoms with van der Waals surface area (Å²) in [6, 6.07) is 0. The molecule has 1 nitrogen and oxygen atoms in total. The van der Waals surface area contributed by atoms with Gasteiger partial charge in [-0.2, -0.15) is 0 Å². The third-order valence-electron chi connectivity index (χ3n) is 1.45. The summed E-state index contributed by atoms with van der Waals surface area (Å²) in [4.78, 5) is 10.8. The number of carbonyl (C=O) groups is 1. The van der Waals surface area contributed by atoms with E-state index in [0.29, 0.717) is 0 Å². The molecule has 0 amide bonds. The first-order valence-corrected chi connectivity index (χ1v) is 3.34. The van der Waals surface area contributed by atoms with Crippen LogP contribution in [0.25, 0.3) is 0 Å². The summed E-state index contributed by atoms with van der Waals surface area (Å²) >= 11 is 0. The Hall–Kier alpha value is -1.11. The van der Waals surface area contributed by atoms with Gasteiger partial charge in [-0.1, -0.05) is 30.4 Å². The Morgan fingerprint density at radius 1 is 1.40 bits per heavy atom. The van der Waals surface area contributed by atoms with E-state index in [2.05, 4.69) is 0 Å². The molecule has 0 bridgehead atoms. The van der Waals surface area contributed by atoms with Crippen LogP contribution in [0.3, 0.4) is 0 Å². The number of ketones is 1. The average Bonchev–Trinajstić information content (AvgIpc) is 2.12. The van der Waals surface area contributed by atoms with Crippen molar-refractivity contribution in [2.75, 3.05) is 0 Å². The smallest absolute Gasteiger partial charge is 0.156 e. The van der Waals surface area contributed by atoms with Crippen LogP contribution in [0.1, 0.15) is 13.3 Å². The van der Waals surface area contributed by atoms with Gasteiger partial charge in [0.15, 0.2) is 5.78 Å². The maximum absolute atomic E-state index is 10.8. The lowest BCUT2D eigenvalue weighted by atomic mass is 10.1. The van der Waals surface area contributed by atoms with E-state index >= 15 is 0 Å². The fourth-order valence-electron chi connectivity index (χ4n) is 0.839. The summed E-state index contributed by atoms with van der Waals surface area (Å²) in [5.41, 5.74) is 0.880. The Bertz CT molecular complexity index is 219. The first-order valence-electron chi connectivity index (χ1n) is 3.34. The molecule has 0 saturated carbocycles. The maximum Gasteiger partial charge on any atom is 0.156 e. The van der Waals surface area contributed by atoms with Crippen LogP contribution in [0.4, 0.5) is 0 Å². The molecule has 1 rings (SSSR count). The first-order chi connectivity index (χ1) is 4.80. The Labute approximate surface area is 60.7 Å². The van der Waals surface area contributed by atoms with Crippen LogP contribution in [0.2, 0.25) is 0 Å². The van der Waals surface area contributed by atoms with Crippen LogP contribution < -0.4 is 0 Å². The lowest BCUT2D eigenvalue weighted by molar-refractivity contribution is -0.113. The first kappa shape index (κ1) is 7.00. The molecule has 0 atom stereocenters. The van der Waals surface area contributed by atoms with Gasteiger partial charge in [-0.15, -0.1) is 0 Å². The van der Waals surface area contributed by atoms with Gasteiger partial charge in [-0.25, -0.2) is 0 Å². The highest BCUT2D eigenvalue weighted by atomic mass is 16.1. The van der Waals surface area contributed by atoms with Gasteiger partial charge >= 0.3 is 0 Å². The molecule has 0 aromatic rings. The normalized spacial score (nSPS) is 16.3. The third-order valence-corrected chi connectivity index (χ3v) is 1.45. The monoisotopic (exact) mass is 134 g/mol. The standard InChI is InChI=1S/C9H10O/c1-8(10)9-6-4-2-3-5-7-9/h2-6H,7H2,1H3. The zero-order valence-corrected chi connectivity index (χ0v) is 6.00. The molecule has 1 heteroatoms. The van der Waals surface area contributed by atoms with Crippen LogP contribution in [-0.4, -0.2) is 5.78 Å². The van der Waals surface area contributed by atoms with Crippen molar-refractivity contribution in [3.05, 3.63) is 36.0 Å². The van der Waals surface area contributed by atoms with Crippen molar-refractivity contribution in [3.63, 3.8) is 0 Å². The highest BCUT2D eigenvalue weighted by Crippen LogP contribution is 2.07. The summed E-state index contributed by atoms with van der Waals surface area (Å²) in [5, 5.41) is 0. The molecule has 0 unspecified atom stereocenters. The highest BCUT2D eigenvalue weighted by molar-refractivity contribution is 5.93. The Kier molecular flexibility index (Phi) is 2.21. The van der Waals surface area contributed by atoms with Crippen LogP contribution in [0.5, 0.6) is 0 Å². The molecule has 0 aliphatic heterocycles. The van der Waals surface area contributed by atoms with Gasteiger partial charge in [-0.05, 0) is 18.9 Å². The Morgan fingerprint density at radius 2 is 2.20 bits per heavy atom. The Balaban J connectivity index is 2.78. The number of hydrogen-bond donors (Lipinski definition) is 0. The number of carbonyl (C=O) groups excluding carboxylic acids is 1. The molecule has 0 fully saturated rings. The van der Waals surface area contributed by atoms with E-state index in [-0.39, 0.29) is 5.78 Å². The van der Waals surface area contributed by atoms with Crippen molar-refractivity contribution in [1.29, 1.82) is 0 Å². The molecule has 0 spiro atoms. The van der Waals surface area contributed by atoms with E-state index in [4.69, 9.17) is 0 Å². The van der Waals surface area contributed by atoms with Gasteiger partial charge in [-0.3, -0.25) is 4.79 Å². The van der Waals surface area contributed by atoms with Crippen LogP contribution in [0.15, 0.2) is 36.0 Å². The van der Waals surface area contributed by atoms with Gasteiger partial charge < -0.3 is 0 Å². The SMILES string of the molecule is CC(=O)C1=CC=CC=CC1. The van der Waals surface area contributed by atoms with E-state index in [9.17, 15) is 4.79 Å². The fourth-order valence-corrected chi connectivity index (χ4v) is 0.839. The van der Waals surface area contributed by atoms with Crippen molar-refractivity contribution >= 4 is 5.78 Å². The predicted molar refractivity (Wildman–Crippen MR) is 41.7 cm³/mol. The zero-order valence-electron chi connectivity index (χ0n) is 6.00. The summed E-state index contributed by atoms with van der Waals surface area (Å²) < 4.78 is 0. The number of Topliss-reactive ketones (excluding diaryl/α,β-unsaturated/α-hetero) is 1. The minimum absolute atomic E-state index is 0.163. The molecular formula is C9H10O. The molecular weight excluding hydrogens is 124 g/mol. The van der Waals surface area contributed by atoms with Gasteiger partial charge in [0.2, 0.25) is 0 Å². The maximum atomic E-state index is 10.8. The van der Waals surface area contributed by atoms with Crippen LogP contribution >= 0.6 is 0 Å². The lowest BCUT2D eigenvalue weighted by Gasteiger charge is -1.93. The molecule has 1 aliphatic rings. The molecule has 0 saturated heterocycles. The van der Waals surface area contributed by atoms with Gasteiger partial charge in [0.25, 0.3) is 0 Å². The molecule has 0 N–H and O–H groups in total. The number of hydrogen-bond acceptors (Lipinski definition) is 1. The summed E-state index contributed by atoms with van der Waals surface area (Å²) in [5.74, 6) is 0.163. The van der Waals surface area contributed by atoms with Gasteiger partial charge in [0.1, 0.15) is 0 Å². The summed E-state index contributed by atoms with van der Waals surface area (Å²) in [7, 11) is 0. The minimum Gasteiger partial charge on any atom is -0.295 e. The average molecular weight is 134 g/mol. The molecule has 10 heavy (non-hydrogen) atoms. The van der Waals surface area contributed by atoms with E-state index in [1.54, 1.807) is 6.92 Å². The molecule has 52 valence electrons. The van der Waals surface area contributed by atoms with Crippen molar-refractivity contribution in [1.82, 2.24) is 0 Å². The Morgan fingerprint density at radius 3 is 2.90 bits per heavy atom. The quantitative estimate of drug-likeness (QED) is 0.536. The van der Waals surface area contributed by atoms with E-state index in [1.807, 2.05) is 30.4 Å². The van der Waals surface area contributed by atoms with Crippen molar-refractivity contribution in [2.24, 2.45) is 0 Å². The van der Waals surface area contributed by atoms with E-state index in [0.717, 1.165) is 12.0 Å². The summed E-state index contributed by atoms with van der Waals surface area (Å²) in [6.07, 6.45) is 10.4. The minimum atomic E-state index is 0.163. The lowest BCUT2D eigenvalue weighted by Crippen LogP contribution is -1.93. The number of allylic oxidation sites excluding steroid dienone is 6. The number of rotatable bonds is 1. The second kappa shape index (κ2) is 3.16. The van der Waals surface area contributed by atoms with Gasteiger partial charge in [0, 0.05) is 0 Å². The molecule has 0 radical (unpaired) electrons. The van der Waals surface area contributed by atoms with E-state index in [1.165, 1.54) is 0 Å². The molecule has 0 aromatic carbocycles. The van der Waals surface area contributed by atoms with Gasteiger partial charge in [0.05, 0.1) is 0 Å². The van der Waals surface area contributed by atoms with Crippen LogP contribution in [0, 0.1) is 0 Å². The molecule has 0 heterocycles. The highest BCUT2D eigenvalue weighted by Gasteiger charge is 1.99. The second-order valence-corrected chi connectivity index (χ2v) is 2.27. The topological polar surface area (TPSA) is 17.1 Å². The molecule has 0 aromatic heterocycles. The van der Waals surface area contributed by atoms with Crippen molar-refractivity contribution in [3.8, 4) is 0 Å². The fraction of sp³-hybridized carbons (Fsp3) is 0.222. The second-order valence-electron chi connectivity index (χ2n) is 2.27. The third kappa shape index (κ3) is 1.69. The predicted octanol–water partition coefficient (Wildman–Crippen LogP) is 2.02. The van der Waals surface area contributed by atoms with Crippen molar-refractivity contribution in [2.45, 2.75) is 13.3 Å². The molecule has 1 aliphatic carbocycles. The zero-order chi connectivity index (χ0) is 7.40. The largest absolute Gasteiger partial charge is 0.295 e. The van der Waals surface area contributed by atoms with Crippen LogP contribution in [-0.2, 0) is 4.79 Å². The van der Waals surface area contributed by atoms with Crippen molar-refractivity contribution < 1.29 is 4.79 Å². The summed E-state index contributed by atoms with van der Waals surface area (Å²) in [6.45, 7) is 1.60.